The van der Waals surface area contributed by atoms with Crippen molar-refractivity contribution in [2.45, 2.75) is 6.92 Å². The standard InChI is InChI=1S/C4H9NOS.C3H7NOS.C3H6OS2.C3H6S3.C3H6S2/c1-5(2)4(6)7-3;2*1-4-3(5)6-2;1-5-3(4)6-2;1-3(4)5-2/h1-3H3;1-2H3,(H,4,5);2*1-2H3;1-2H3. The van der Waals surface area contributed by atoms with Crippen LogP contribution in [-0.2, 0) is 4.74 Å². The van der Waals surface area contributed by atoms with Gasteiger partial charge in [-0.15, -0.1) is 35.3 Å². The molecule has 14 heteroatoms. The van der Waals surface area contributed by atoms with Gasteiger partial charge in [-0.1, -0.05) is 59.7 Å². The lowest BCUT2D eigenvalue weighted by molar-refractivity contribution is 0.241. The summed E-state index contributed by atoms with van der Waals surface area (Å²) in [7, 11) is 6.65. The number of carbonyl (C=O) groups excluding carboxylic acids is 2. The van der Waals surface area contributed by atoms with Crippen LogP contribution in [0.1, 0.15) is 6.92 Å². The molecule has 0 bridgehead atoms. The third kappa shape index (κ3) is 51.6. The molecule has 5 nitrogen and oxygen atoms in total. The van der Waals surface area contributed by atoms with E-state index in [0.29, 0.717) is 4.38 Å². The van der Waals surface area contributed by atoms with Gasteiger partial charge in [0.1, 0.15) is 3.53 Å². The van der Waals surface area contributed by atoms with E-state index < -0.39 is 0 Å². The third-order valence-corrected chi connectivity index (χ3v) is 8.08. The van der Waals surface area contributed by atoms with Gasteiger partial charge < -0.3 is 15.0 Å². The monoisotopic (exact) mass is 590 g/mol. The molecule has 0 saturated carbocycles. The number of hydrogen-bond acceptors (Lipinski definition) is 12. The number of thiocarbonyl (C=S) groups is 3. The second-order valence-electron chi connectivity index (χ2n) is 4.12. The smallest absolute Gasteiger partial charge is 0.280 e. The van der Waals surface area contributed by atoms with Crippen LogP contribution in [0.4, 0.5) is 9.59 Å². The average Bonchev–Trinajstić information content (AvgIpc) is 2.77. The molecule has 0 atom stereocenters. The van der Waals surface area contributed by atoms with E-state index in [0.717, 1.165) is 7.73 Å². The molecular weight excluding hydrogens is 557 g/mol. The van der Waals surface area contributed by atoms with Crippen LogP contribution < -0.4 is 5.32 Å². The summed E-state index contributed by atoms with van der Waals surface area (Å²) >= 11 is 22.7. The first-order chi connectivity index (χ1) is 13.9. The molecule has 2 amide bonds. The molecule has 0 aromatic heterocycles. The Morgan fingerprint density at radius 3 is 1.20 bits per heavy atom. The van der Waals surface area contributed by atoms with Crippen LogP contribution in [0, 0.1) is 0 Å². The zero-order valence-electron chi connectivity index (χ0n) is 19.3. The lowest BCUT2D eigenvalue weighted by Crippen LogP contribution is -2.15. The van der Waals surface area contributed by atoms with Crippen LogP contribution in [-0.4, -0.2) is 93.3 Å². The Balaban J connectivity index is -0.0000000872. The van der Waals surface area contributed by atoms with Crippen LogP contribution in [0.15, 0.2) is 0 Å². The number of hydrogen-bond donors (Lipinski definition) is 1. The molecule has 0 aliphatic heterocycles. The van der Waals surface area contributed by atoms with Gasteiger partial charge >= 0.3 is 0 Å². The van der Waals surface area contributed by atoms with E-state index in [9.17, 15) is 9.59 Å². The Bertz CT molecular complexity index is 409. The number of rotatable bonds is 0. The van der Waals surface area contributed by atoms with E-state index in [2.05, 4.69) is 34.5 Å². The molecule has 0 spiro atoms. The number of amides is 2. The van der Waals surface area contributed by atoms with E-state index in [1.165, 1.54) is 35.3 Å². The number of thioether (sulfide) groups is 6. The molecule has 0 aliphatic carbocycles. The number of carbonyl (C=O) groups is 2. The molecule has 180 valence electrons. The quantitative estimate of drug-likeness (QED) is 0.306. The first-order valence-electron chi connectivity index (χ1n) is 7.68. The van der Waals surface area contributed by atoms with Crippen LogP contribution in [0.2, 0.25) is 0 Å². The predicted octanol–water partition coefficient (Wildman–Crippen LogP) is 6.69. The van der Waals surface area contributed by atoms with Gasteiger partial charge in [-0.05, 0) is 56.7 Å². The van der Waals surface area contributed by atoms with E-state index in [1.54, 1.807) is 80.9 Å². The fourth-order valence-electron chi connectivity index (χ4n) is 0.451. The number of nitrogens with one attached hydrogen (secondary N) is 1. The molecule has 0 radical (unpaired) electrons. The first kappa shape index (κ1) is 41.4. The van der Waals surface area contributed by atoms with E-state index in [-0.39, 0.29) is 10.5 Å². The second kappa shape index (κ2) is 34.7. The molecule has 0 aromatic carbocycles. The highest BCUT2D eigenvalue weighted by atomic mass is 32.2. The highest BCUT2D eigenvalue weighted by molar-refractivity contribution is 8.46. The molecule has 0 heterocycles. The van der Waals surface area contributed by atoms with Gasteiger partial charge in [-0.2, -0.15) is 0 Å². The normalized spacial score (nSPS) is 7.97. The number of ether oxygens (including phenoxy) is 1. The maximum absolute atomic E-state index is 10.4. The molecule has 0 aromatic rings. The van der Waals surface area contributed by atoms with Gasteiger partial charge in [0, 0.05) is 25.3 Å². The molecule has 1 N–H and O–H groups in total. The predicted molar refractivity (Wildman–Crippen MR) is 165 cm³/mol. The van der Waals surface area contributed by atoms with Crippen LogP contribution in [0.5, 0.6) is 0 Å². The minimum Gasteiger partial charge on any atom is -0.482 e. The Morgan fingerprint density at radius 1 is 0.800 bits per heavy atom. The maximum atomic E-state index is 10.4. The van der Waals surface area contributed by atoms with Crippen molar-refractivity contribution in [3.8, 4) is 0 Å². The summed E-state index contributed by atoms with van der Waals surface area (Å²) in [6, 6.07) is 0. The Hall–Kier alpha value is 1.11. The fourth-order valence-corrected chi connectivity index (χ4v) is 1.85. The topological polar surface area (TPSA) is 58.6 Å². The molecule has 30 heavy (non-hydrogen) atoms. The molecular formula is C16H34N2O3S9. The van der Waals surface area contributed by atoms with Crippen LogP contribution in [0.25, 0.3) is 0 Å². The molecule has 0 fully saturated rings. The largest absolute Gasteiger partial charge is 0.482 e. The minimum absolute atomic E-state index is 0.00926. The van der Waals surface area contributed by atoms with Crippen molar-refractivity contribution >= 4 is 130 Å². The zero-order valence-corrected chi connectivity index (χ0v) is 26.7. The van der Waals surface area contributed by atoms with Crippen molar-refractivity contribution in [1.29, 1.82) is 0 Å². The van der Waals surface area contributed by atoms with Crippen molar-refractivity contribution < 1.29 is 14.3 Å². The van der Waals surface area contributed by atoms with Gasteiger partial charge in [-0.25, -0.2) is 0 Å². The summed E-state index contributed by atoms with van der Waals surface area (Å²) in [5.41, 5.74) is 0. The minimum atomic E-state index is 0.00926. The van der Waals surface area contributed by atoms with Crippen LogP contribution in [0.3, 0.4) is 0 Å². The van der Waals surface area contributed by atoms with Crippen molar-refractivity contribution in [3.05, 3.63) is 0 Å². The van der Waals surface area contributed by atoms with Crippen molar-refractivity contribution in [2.75, 3.05) is 65.8 Å². The van der Waals surface area contributed by atoms with Crippen molar-refractivity contribution in [2.24, 2.45) is 0 Å². The zero-order chi connectivity index (χ0) is 25.1. The van der Waals surface area contributed by atoms with E-state index >= 15 is 0 Å². The third-order valence-electron chi connectivity index (χ3n) is 1.88. The Morgan fingerprint density at radius 2 is 1.20 bits per heavy atom. The Labute approximate surface area is 225 Å². The average molecular weight is 591 g/mol. The highest BCUT2D eigenvalue weighted by Gasteiger charge is 1.96. The van der Waals surface area contributed by atoms with E-state index in [1.807, 2.05) is 31.9 Å². The SMILES string of the molecule is CNC(=O)SC.COC(=S)SC.CSC(=O)N(C)C.CSC(=S)SC.CSC(C)=S. The second-order valence-corrected chi connectivity index (χ2v) is 11.8. The summed E-state index contributed by atoms with van der Waals surface area (Å²) in [4.78, 5) is 22.0. The molecule has 0 aliphatic rings. The van der Waals surface area contributed by atoms with Gasteiger partial charge in [0.25, 0.3) is 10.5 Å². The van der Waals surface area contributed by atoms with Crippen molar-refractivity contribution in [1.82, 2.24) is 10.2 Å². The summed E-state index contributed by atoms with van der Waals surface area (Å²) in [6.07, 6.45) is 11.3. The number of nitrogens with zero attached hydrogens (tertiary/aromatic N) is 1. The summed E-state index contributed by atoms with van der Waals surface area (Å²) < 4.78 is 7.20. The Kier molecular flexibility index (Phi) is 47.9. The lowest BCUT2D eigenvalue weighted by atomic mass is 11.0. The van der Waals surface area contributed by atoms with Crippen LogP contribution >= 0.6 is 107 Å². The van der Waals surface area contributed by atoms with Gasteiger partial charge in [0.2, 0.25) is 4.38 Å². The summed E-state index contributed by atoms with van der Waals surface area (Å²) in [5.74, 6) is 0. The summed E-state index contributed by atoms with van der Waals surface area (Å²) in [6.45, 7) is 1.92. The number of methoxy groups -OCH3 is 1. The summed E-state index contributed by atoms with van der Waals surface area (Å²) in [5, 5.41) is 2.55. The first-order valence-corrected chi connectivity index (χ1v) is 16.2. The fraction of sp³-hybridized carbons (Fsp3) is 0.688. The van der Waals surface area contributed by atoms with Gasteiger partial charge in [0.15, 0.2) is 0 Å². The molecule has 0 saturated heterocycles. The van der Waals surface area contributed by atoms with Gasteiger partial charge in [-0.3, -0.25) is 9.59 Å². The molecule has 0 rings (SSSR count). The maximum Gasteiger partial charge on any atom is 0.280 e. The lowest BCUT2D eigenvalue weighted by Gasteiger charge is -2.04. The highest BCUT2D eigenvalue weighted by Crippen LogP contribution is 2.08. The van der Waals surface area contributed by atoms with Crippen molar-refractivity contribution in [3.63, 3.8) is 0 Å². The molecule has 0 unspecified atom stereocenters. The van der Waals surface area contributed by atoms with E-state index in [4.69, 9.17) is 12.2 Å². The van der Waals surface area contributed by atoms with Gasteiger partial charge in [0.05, 0.1) is 7.11 Å².